The number of nitrogens with one attached hydrogen (secondary N) is 2. The van der Waals surface area contributed by atoms with Gasteiger partial charge in [-0.15, -0.1) is 0 Å². The maximum Gasteiger partial charge on any atom is 0.326 e. The molecule has 0 radical (unpaired) electrons. The summed E-state index contributed by atoms with van der Waals surface area (Å²) in [7, 11) is 0. The summed E-state index contributed by atoms with van der Waals surface area (Å²) in [5.41, 5.74) is 0.639. The summed E-state index contributed by atoms with van der Waals surface area (Å²) in [4.78, 5) is 46.7. The Morgan fingerprint density at radius 1 is 1.06 bits per heavy atom. The van der Waals surface area contributed by atoms with Gasteiger partial charge in [0.2, 0.25) is 0 Å². The zero-order valence-electron chi connectivity index (χ0n) is 19.8. The van der Waals surface area contributed by atoms with Crippen molar-refractivity contribution in [3.63, 3.8) is 0 Å². The number of carbonyl (C=O) groups is 1. The Morgan fingerprint density at radius 2 is 1.80 bits per heavy atom. The minimum atomic E-state index is -1.10. The largest absolute Gasteiger partial charge is 0.480 e. The maximum atomic E-state index is 12.2. The van der Waals surface area contributed by atoms with E-state index in [-0.39, 0.29) is 23.8 Å². The van der Waals surface area contributed by atoms with Gasteiger partial charge < -0.3 is 20.6 Å². The molecule has 4 rings (SSSR count). The van der Waals surface area contributed by atoms with Gasteiger partial charge in [-0.05, 0) is 50.6 Å². The molecule has 0 aliphatic heterocycles. The summed E-state index contributed by atoms with van der Waals surface area (Å²) in [6, 6.07) is 10.0. The second-order valence-electron chi connectivity index (χ2n) is 8.58. The summed E-state index contributed by atoms with van der Waals surface area (Å²) < 4.78 is 0. The molecule has 1 atom stereocenters. The second kappa shape index (κ2) is 9.92. The molecule has 0 bridgehead atoms. The average molecular weight is 474 g/mol. The maximum absolute atomic E-state index is 12.2. The predicted molar refractivity (Wildman–Crippen MR) is 138 cm³/mol. The summed E-state index contributed by atoms with van der Waals surface area (Å²) in [6.07, 6.45) is 5.32. The lowest BCUT2D eigenvalue weighted by molar-refractivity contribution is -0.137. The van der Waals surface area contributed by atoms with Crippen LogP contribution in [-0.4, -0.2) is 39.7 Å². The highest BCUT2D eigenvalue weighted by atomic mass is 16.4. The van der Waals surface area contributed by atoms with Crippen molar-refractivity contribution >= 4 is 39.6 Å². The molecule has 0 amide bonds. The Balaban J connectivity index is 1.50. The molecular formula is C26H27N5O4. The van der Waals surface area contributed by atoms with Crippen molar-refractivity contribution in [1.29, 1.82) is 0 Å². The van der Waals surface area contributed by atoms with Gasteiger partial charge in [0.1, 0.15) is 23.2 Å². The van der Waals surface area contributed by atoms with E-state index in [2.05, 4.69) is 20.6 Å². The van der Waals surface area contributed by atoms with Gasteiger partial charge in [0.25, 0.3) is 10.9 Å². The van der Waals surface area contributed by atoms with Gasteiger partial charge in [-0.1, -0.05) is 12.1 Å². The number of fused-ring (bicyclic) bond motifs is 1. The van der Waals surface area contributed by atoms with Crippen LogP contribution in [0.5, 0.6) is 0 Å². The van der Waals surface area contributed by atoms with Gasteiger partial charge >= 0.3 is 5.97 Å². The molecule has 0 saturated carbocycles. The van der Waals surface area contributed by atoms with Gasteiger partial charge in [0.15, 0.2) is 0 Å². The molecule has 35 heavy (non-hydrogen) atoms. The summed E-state index contributed by atoms with van der Waals surface area (Å²) in [6.45, 7) is 6.25. The lowest BCUT2D eigenvalue weighted by Gasteiger charge is -2.31. The highest BCUT2D eigenvalue weighted by Gasteiger charge is 2.30. The van der Waals surface area contributed by atoms with E-state index in [1.54, 1.807) is 23.5 Å². The molecule has 4 aromatic rings. The number of pyridine rings is 2. The second-order valence-corrected chi connectivity index (χ2v) is 8.58. The summed E-state index contributed by atoms with van der Waals surface area (Å²) in [5, 5.41) is 17.8. The summed E-state index contributed by atoms with van der Waals surface area (Å²) >= 11 is 0. The standard InChI is InChI=1S/C26H27N5O4/c1-4-31(15(2)3)22-21(23(32)24(22)33)30-20(26(34)35)13-16-5-7-18(8-6-16)29-25-19-10-11-27-14-17(19)9-12-28-25/h5-12,14-15,20,30H,4,13H2,1-3H3,(H,28,29)(H,34,35)/t20-/m0/s1. The van der Waals surface area contributed by atoms with Crippen LogP contribution in [0.3, 0.4) is 0 Å². The zero-order chi connectivity index (χ0) is 25.1. The fourth-order valence-electron chi connectivity index (χ4n) is 4.16. The Hall–Kier alpha value is -4.27. The number of nitrogens with zero attached hydrogens (tertiary/aromatic N) is 3. The van der Waals surface area contributed by atoms with E-state index < -0.39 is 22.9 Å². The third kappa shape index (κ3) is 4.84. The van der Waals surface area contributed by atoms with Crippen LogP contribution in [0.2, 0.25) is 0 Å². The monoisotopic (exact) mass is 473 g/mol. The van der Waals surface area contributed by atoms with Gasteiger partial charge in [-0.25, -0.2) is 9.78 Å². The van der Waals surface area contributed by atoms with E-state index in [4.69, 9.17) is 0 Å². The molecule has 9 nitrogen and oxygen atoms in total. The van der Waals surface area contributed by atoms with Crippen molar-refractivity contribution in [3.05, 3.63) is 81.0 Å². The van der Waals surface area contributed by atoms with Crippen LogP contribution >= 0.6 is 0 Å². The number of hydrogen-bond donors (Lipinski definition) is 3. The van der Waals surface area contributed by atoms with Crippen LogP contribution in [0.4, 0.5) is 22.9 Å². The molecule has 2 heterocycles. The number of rotatable bonds is 10. The number of hydrogen-bond acceptors (Lipinski definition) is 8. The molecular weight excluding hydrogens is 446 g/mol. The third-order valence-electron chi connectivity index (χ3n) is 5.97. The Labute approximate surface area is 202 Å². The minimum absolute atomic E-state index is 0.000315. The Morgan fingerprint density at radius 3 is 2.46 bits per heavy atom. The van der Waals surface area contributed by atoms with Crippen LogP contribution in [-0.2, 0) is 11.2 Å². The quantitative estimate of drug-likeness (QED) is 0.298. The number of carboxylic acid groups (broad SMARTS) is 1. The van der Waals surface area contributed by atoms with Crippen molar-refractivity contribution in [2.75, 3.05) is 22.1 Å². The number of carboxylic acids is 1. The molecule has 180 valence electrons. The van der Waals surface area contributed by atoms with E-state index in [9.17, 15) is 19.5 Å². The van der Waals surface area contributed by atoms with Crippen molar-refractivity contribution in [2.24, 2.45) is 0 Å². The van der Waals surface area contributed by atoms with Crippen LogP contribution in [0.25, 0.3) is 10.8 Å². The van der Waals surface area contributed by atoms with E-state index in [1.807, 2.05) is 57.2 Å². The van der Waals surface area contributed by atoms with Crippen molar-refractivity contribution in [1.82, 2.24) is 9.97 Å². The van der Waals surface area contributed by atoms with Crippen molar-refractivity contribution < 1.29 is 9.90 Å². The number of anilines is 4. The number of benzene rings is 1. The predicted octanol–water partition coefficient (Wildman–Crippen LogP) is 3.31. The topological polar surface area (TPSA) is 125 Å². The third-order valence-corrected chi connectivity index (χ3v) is 5.97. The highest BCUT2D eigenvalue weighted by Crippen LogP contribution is 2.25. The van der Waals surface area contributed by atoms with Crippen LogP contribution < -0.4 is 26.4 Å². The first-order chi connectivity index (χ1) is 16.8. The van der Waals surface area contributed by atoms with Gasteiger partial charge in [0, 0.05) is 54.1 Å². The zero-order valence-corrected chi connectivity index (χ0v) is 19.8. The lowest BCUT2D eigenvalue weighted by Crippen LogP contribution is -2.47. The minimum Gasteiger partial charge on any atom is -0.480 e. The highest BCUT2D eigenvalue weighted by molar-refractivity contribution is 5.92. The van der Waals surface area contributed by atoms with Gasteiger partial charge in [-0.2, -0.15) is 0 Å². The molecule has 2 aromatic carbocycles. The molecule has 0 spiro atoms. The first-order valence-corrected chi connectivity index (χ1v) is 11.4. The van der Waals surface area contributed by atoms with Crippen molar-refractivity contribution in [2.45, 2.75) is 39.3 Å². The number of aromatic nitrogens is 2. The average Bonchev–Trinajstić information content (AvgIpc) is 2.86. The first-order valence-electron chi connectivity index (χ1n) is 11.4. The fourth-order valence-corrected chi connectivity index (χ4v) is 4.16. The normalized spacial score (nSPS) is 12.1. The first kappa shape index (κ1) is 23.9. The molecule has 0 unspecified atom stereocenters. The lowest BCUT2D eigenvalue weighted by atomic mass is 10.0. The molecule has 3 N–H and O–H groups in total. The van der Waals surface area contributed by atoms with Crippen LogP contribution in [0.15, 0.2) is 64.6 Å². The SMILES string of the molecule is CCN(c1c(N[C@@H](Cc2ccc(Nc3nccc4cnccc34)cc2)C(=O)O)c(=O)c1=O)C(C)C. The van der Waals surface area contributed by atoms with E-state index in [0.717, 1.165) is 22.0 Å². The molecule has 0 aliphatic carbocycles. The molecule has 2 aromatic heterocycles. The fraction of sp³-hybridized carbons (Fsp3) is 0.269. The molecule has 0 aliphatic rings. The Bertz CT molecular complexity index is 1420. The molecule has 0 saturated heterocycles. The van der Waals surface area contributed by atoms with Gasteiger partial charge in [0.05, 0.1) is 0 Å². The van der Waals surface area contributed by atoms with Crippen molar-refractivity contribution in [3.8, 4) is 0 Å². The summed E-state index contributed by atoms with van der Waals surface area (Å²) in [5.74, 6) is -0.409. The molecule has 0 fully saturated rings. The van der Waals surface area contributed by atoms with Crippen LogP contribution in [0.1, 0.15) is 26.3 Å². The Kier molecular flexibility index (Phi) is 6.77. The van der Waals surface area contributed by atoms with E-state index >= 15 is 0 Å². The number of aliphatic carboxylic acids is 1. The van der Waals surface area contributed by atoms with Crippen LogP contribution in [0, 0.1) is 0 Å². The van der Waals surface area contributed by atoms with Gasteiger partial charge in [-0.3, -0.25) is 14.6 Å². The smallest absolute Gasteiger partial charge is 0.326 e. The van der Waals surface area contributed by atoms with E-state index in [1.165, 1.54) is 0 Å². The molecule has 9 heteroatoms. The van der Waals surface area contributed by atoms with E-state index in [0.29, 0.717) is 12.4 Å².